The fraction of sp³-hybridized carbons (Fsp3) is 0.100. The van der Waals surface area contributed by atoms with Crippen molar-refractivity contribution in [3.05, 3.63) is 29.5 Å². The number of aryl methyl sites for hydroxylation is 1. The third-order valence-corrected chi connectivity index (χ3v) is 2.25. The molecular formula is C10H8N2O3. The molecule has 0 unspecified atom stereocenters. The number of benzene rings is 1. The van der Waals surface area contributed by atoms with Crippen LogP contribution in [0.1, 0.15) is 20.8 Å². The maximum absolute atomic E-state index is 10.9. The average Bonchev–Trinajstić information content (AvgIpc) is 2.55. The van der Waals surface area contributed by atoms with E-state index in [-0.39, 0.29) is 11.3 Å². The second-order valence-corrected chi connectivity index (χ2v) is 3.13. The molecule has 0 amide bonds. The second-order valence-electron chi connectivity index (χ2n) is 3.13. The summed E-state index contributed by atoms with van der Waals surface area (Å²) in [6.07, 6.45) is 0.564. The fourth-order valence-electron chi connectivity index (χ4n) is 1.61. The molecule has 1 N–H and O–H groups in total. The number of aromatic carboxylic acids is 1. The van der Waals surface area contributed by atoms with Crippen molar-refractivity contribution in [2.24, 2.45) is 7.05 Å². The van der Waals surface area contributed by atoms with Crippen molar-refractivity contribution < 1.29 is 14.7 Å². The molecule has 0 aliphatic carbocycles. The molecule has 5 heteroatoms. The van der Waals surface area contributed by atoms with E-state index in [1.54, 1.807) is 19.2 Å². The molecule has 2 aromatic rings. The highest BCUT2D eigenvalue weighted by Crippen LogP contribution is 2.21. The van der Waals surface area contributed by atoms with Gasteiger partial charge in [0.1, 0.15) is 5.69 Å². The Bertz CT molecular complexity index is 557. The first-order valence-corrected chi connectivity index (χ1v) is 4.29. The van der Waals surface area contributed by atoms with Gasteiger partial charge in [-0.1, -0.05) is 6.07 Å². The summed E-state index contributed by atoms with van der Waals surface area (Å²) >= 11 is 0. The predicted molar refractivity (Wildman–Crippen MR) is 53.1 cm³/mol. The van der Waals surface area contributed by atoms with Gasteiger partial charge in [0.15, 0.2) is 6.29 Å². The van der Waals surface area contributed by atoms with Crippen LogP contribution in [0.4, 0.5) is 0 Å². The van der Waals surface area contributed by atoms with Gasteiger partial charge >= 0.3 is 5.97 Å². The molecule has 0 saturated carbocycles. The Hall–Kier alpha value is -2.17. The van der Waals surface area contributed by atoms with Crippen LogP contribution in [0.5, 0.6) is 0 Å². The summed E-state index contributed by atoms with van der Waals surface area (Å²) in [6.45, 7) is 0. The summed E-state index contributed by atoms with van der Waals surface area (Å²) < 4.78 is 1.49. The Morgan fingerprint density at radius 1 is 1.53 bits per heavy atom. The number of hydrogen-bond donors (Lipinski definition) is 1. The number of carboxylic acids is 1. The summed E-state index contributed by atoms with van der Waals surface area (Å²) in [5, 5.41) is 13.3. The Morgan fingerprint density at radius 3 is 2.87 bits per heavy atom. The molecule has 0 spiro atoms. The molecule has 0 bridgehead atoms. The Balaban J connectivity index is 2.94. The molecule has 0 saturated heterocycles. The maximum Gasteiger partial charge on any atom is 0.336 e. The van der Waals surface area contributed by atoms with Crippen LogP contribution in [0.15, 0.2) is 18.2 Å². The number of hydrogen-bond acceptors (Lipinski definition) is 3. The van der Waals surface area contributed by atoms with Crippen molar-refractivity contribution in [1.82, 2.24) is 9.78 Å². The van der Waals surface area contributed by atoms with Gasteiger partial charge in [0.25, 0.3) is 0 Å². The van der Waals surface area contributed by atoms with Crippen molar-refractivity contribution in [2.45, 2.75) is 0 Å². The molecule has 5 nitrogen and oxygen atoms in total. The molecule has 1 aromatic carbocycles. The smallest absolute Gasteiger partial charge is 0.336 e. The van der Waals surface area contributed by atoms with Crippen LogP contribution in [-0.2, 0) is 7.05 Å². The molecule has 0 radical (unpaired) electrons. The number of nitrogens with zero attached hydrogens (tertiary/aromatic N) is 2. The third kappa shape index (κ3) is 1.28. The lowest BCUT2D eigenvalue weighted by molar-refractivity contribution is 0.0699. The summed E-state index contributed by atoms with van der Waals surface area (Å²) in [5.41, 5.74) is 0.894. The van der Waals surface area contributed by atoms with E-state index in [1.165, 1.54) is 10.7 Å². The van der Waals surface area contributed by atoms with E-state index in [4.69, 9.17) is 5.11 Å². The number of carbonyl (C=O) groups is 2. The number of aromatic nitrogens is 2. The van der Waals surface area contributed by atoms with Crippen LogP contribution in [0.2, 0.25) is 0 Å². The van der Waals surface area contributed by atoms with Crippen molar-refractivity contribution in [3.63, 3.8) is 0 Å². The fourth-order valence-corrected chi connectivity index (χ4v) is 1.61. The van der Waals surface area contributed by atoms with Gasteiger partial charge in [-0.25, -0.2) is 4.79 Å². The van der Waals surface area contributed by atoms with Crippen LogP contribution in [0.25, 0.3) is 10.9 Å². The summed E-state index contributed by atoms with van der Waals surface area (Å²) in [6, 6.07) is 4.81. The maximum atomic E-state index is 10.9. The van der Waals surface area contributed by atoms with Gasteiger partial charge in [-0.2, -0.15) is 5.10 Å². The van der Waals surface area contributed by atoms with Gasteiger partial charge in [0, 0.05) is 12.4 Å². The molecule has 1 aromatic heterocycles. The average molecular weight is 204 g/mol. The van der Waals surface area contributed by atoms with Crippen LogP contribution in [0, 0.1) is 0 Å². The monoisotopic (exact) mass is 204 g/mol. The zero-order valence-corrected chi connectivity index (χ0v) is 7.97. The molecule has 0 atom stereocenters. The highest BCUT2D eigenvalue weighted by Gasteiger charge is 2.15. The number of carboxylic acid groups (broad SMARTS) is 1. The predicted octanol–water partition coefficient (Wildman–Crippen LogP) is 1.08. The summed E-state index contributed by atoms with van der Waals surface area (Å²) in [7, 11) is 1.67. The highest BCUT2D eigenvalue weighted by atomic mass is 16.4. The first-order valence-electron chi connectivity index (χ1n) is 4.29. The standard InChI is InChI=1S/C10H8N2O3/c1-12-8-4-2-3-6(10(14)15)9(8)7(5-13)11-12/h2-5H,1H3,(H,14,15). The topological polar surface area (TPSA) is 72.2 Å². The highest BCUT2D eigenvalue weighted by molar-refractivity contribution is 6.08. The van der Waals surface area contributed by atoms with Crippen molar-refractivity contribution >= 4 is 23.2 Å². The Labute approximate surface area is 84.9 Å². The van der Waals surface area contributed by atoms with Crippen molar-refractivity contribution in [2.75, 3.05) is 0 Å². The minimum atomic E-state index is -1.06. The summed E-state index contributed by atoms with van der Waals surface area (Å²) in [4.78, 5) is 21.7. The van der Waals surface area contributed by atoms with Gasteiger partial charge < -0.3 is 5.11 Å². The minimum Gasteiger partial charge on any atom is -0.478 e. The van der Waals surface area contributed by atoms with Gasteiger partial charge in [-0.05, 0) is 12.1 Å². The number of fused-ring (bicyclic) bond motifs is 1. The van der Waals surface area contributed by atoms with Crippen LogP contribution >= 0.6 is 0 Å². The number of carbonyl (C=O) groups excluding carboxylic acids is 1. The van der Waals surface area contributed by atoms with E-state index in [0.717, 1.165) is 0 Å². The van der Waals surface area contributed by atoms with Gasteiger partial charge in [0.05, 0.1) is 11.1 Å². The van der Waals surface area contributed by atoms with Gasteiger partial charge in [-0.15, -0.1) is 0 Å². The van der Waals surface area contributed by atoms with E-state index in [2.05, 4.69) is 5.10 Å². The lowest BCUT2D eigenvalue weighted by Gasteiger charge is -1.97. The molecule has 0 aliphatic heterocycles. The van der Waals surface area contributed by atoms with Crippen LogP contribution < -0.4 is 0 Å². The van der Waals surface area contributed by atoms with Crippen LogP contribution in [0.3, 0.4) is 0 Å². The lowest BCUT2D eigenvalue weighted by atomic mass is 10.1. The van der Waals surface area contributed by atoms with Crippen LogP contribution in [-0.4, -0.2) is 27.1 Å². The normalized spacial score (nSPS) is 10.5. The van der Waals surface area contributed by atoms with E-state index in [9.17, 15) is 9.59 Å². The van der Waals surface area contributed by atoms with E-state index >= 15 is 0 Å². The Kier molecular flexibility index (Phi) is 2.00. The number of rotatable bonds is 2. The lowest BCUT2D eigenvalue weighted by Crippen LogP contribution is -1.97. The molecule has 1 heterocycles. The van der Waals surface area contributed by atoms with E-state index in [0.29, 0.717) is 17.2 Å². The largest absolute Gasteiger partial charge is 0.478 e. The van der Waals surface area contributed by atoms with Gasteiger partial charge in [-0.3, -0.25) is 9.48 Å². The summed E-state index contributed by atoms with van der Waals surface area (Å²) in [5.74, 6) is -1.06. The van der Waals surface area contributed by atoms with E-state index in [1.807, 2.05) is 0 Å². The molecule has 2 rings (SSSR count). The zero-order chi connectivity index (χ0) is 11.0. The first-order chi connectivity index (χ1) is 7.15. The molecule has 76 valence electrons. The molecule has 0 fully saturated rings. The molecular weight excluding hydrogens is 196 g/mol. The quantitative estimate of drug-likeness (QED) is 0.743. The second kappa shape index (κ2) is 3.20. The van der Waals surface area contributed by atoms with Crippen molar-refractivity contribution in [3.8, 4) is 0 Å². The number of aldehydes is 1. The molecule has 15 heavy (non-hydrogen) atoms. The van der Waals surface area contributed by atoms with E-state index < -0.39 is 5.97 Å². The first kappa shape index (κ1) is 9.39. The zero-order valence-electron chi connectivity index (χ0n) is 7.97. The minimum absolute atomic E-state index is 0.0997. The third-order valence-electron chi connectivity index (χ3n) is 2.25. The SMILES string of the molecule is Cn1nc(C=O)c2c(C(=O)O)cccc21. The van der Waals surface area contributed by atoms with Gasteiger partial charge in [0.2, 0.25) is 0 Å². The molecule has 0 aliphatic rings. The van der Waals surface area contributed by atoms with Crippen molar-refractivity contribution in [1.29, 1.82) is 0 Å². The Morgan fingerprint density at radius 2 is 2.27 bits per heavy atom.